The summed E-state index contributed by atoms with van der Waals surface area (Å²) < 4.78 is 0. The average molecular weight is 388 g/mol. The molecule has 0 spiro atoms. The first-order chi connectivity index (χ1) is 12.8. The van der Waals surface area contributed by atoms with E-state index in [2.05, 4.69) is 15.3 Å². The Morgan fingerprint density at radius 3 is 2.33 bits per heavy atom. The molecule has 2 amide bonds. The van der Waals surface area contributed by atoms with E-state index in [4.69, 9.17) is 11.6 Å². The van der Waals surface area contributed by atoms with E-state index in [9.17, 15) is 9.59 Å². The molecule has 142 valence electrons. The standard InChI is InChI=1S/C19H22ClN5O2/c1-12-8-13(2)18(15(20)9-12)23-17-10-16(21-11-22-17)19(27)25-6-4-24(5-7-25)14(3)26/h8-11H,4-7H2,1-3H3,(H,21,22,23). The van der Waals surface area contributed by atoms with Crippen LogP contribution in [0.15, 0.2) is 24.5 Å². The Bertz CT molecular complexity index is 855. The van der Waals surface area contributed by atoms with E-state index in [1.165, 1.54) is 13.3 Å². The fourth-order valence-corrected chi connectivity index (χ4v) is 3.50. The van der Waals surface area contributed by atoms with Crippen LogP contribution in [-0.4, -0.2) is 57.8 Å². The number of aryl methyl sites for hydroxylation is 2. The van der Waals surface area contributed by atoms with Gasteiger partial charge in [-0.3, -0.25) is 9.59 Å². The van der Waals surface area contributed by atoms with E-state index < -0.39 is 0 Å². The lowest BCUT2D eigenvalue weighted by atomic mass is 10.1. The summed E-state index contributed by atoms with van der Waals surface area (Å²) >= 11 is 6.33. The third-order valence-corrected chi connectivity index (χ3v) is 4.88. The minimum atomic E-state index is -0.171. The second-order valence-corrected chi connectivity index (χ2v) is 7.06. The fourth-order valence-electron chi connectivity index (χ4n) is 3.13. The first-order valence-electron chi connectivity index (χ1n) is 8.76. The summed E-state index contributed by atoms with van der Waals surface area (Å²) in [5.74, 6) is 0.362. The van der Waals surface area contributed by atoms with Crippen LogP contribution in [0.4, 0.5) is 11.5 Å². The molecule has 2 heterocycles. The molecule has 0 radical (unpaired) electrons. The van der Waals surface area contributed by atoms with Gasteiger partial charge in [-0.05, 0) is 31.0 Å². The quantitative estimate of drug-likeness (QED) is 0.876. The molecule has 1 aliphatic rings. The maximum Gasteiger partial charge on any atom is 0.272 e. The molecule has 1 saturated heterocycles. The lowest BCUT2D eigenvalue weighted by Gasteiger charge is -2.34. The van der Waals surface area contributed by atoms with Gasteiger partial charge in [0.25, 0.3) is 5.91 Å². The molecular formula is C19H22ClN5O2. The lowest BCUT2D eigenvalue weighted by Crippen LogP contribution is -2.50. The molecule has 1 aliphatic heterocycles. The van der Waals surface area contributed by atoms with Crippen LogP contribution in [0, 0.1) is 13.8 Å². The number of piperazine rings is 1. The molecule has 0 bridgehead atoms. The first-order valence-corrected chi connectivity index (χ1v) is 9.13. The monoisotopic (exact) mass is 387 g/mol. The highest BCUT2D eigenvalue weighted by Gasteiger charge is 2.24. The number of hydrogen-bond acceptors (Lipinski definition) is 5. The minimum absolute atomic E-state index is 0.0287. The molecule has 2 aromatic rings. The van der Waals surface area contributed by atoms with E-state index in [1.54, 1.807) is 15.9 Å². The number of carbonyl (C=O) groups is 2. The van der Waals surface area contributed by atoms with Crippen LogP contribution in [0.2, 0.25) is 5.02 Å². The maximum absolute atomic E-state index is 12.7. The average Bonchev–Trinajstić information content (AvgIpc) is 2.64. The van der Waals surface area contributed by atoms with Crippen LogP contribution in [-0.2, 0) is 4.79 Å². The molecule has 0 saturated carbocycles. The second kappa shape index (κ2) is 7.92. The summed E-state index contributed by atoms with van der Waals surface area (Å²) in [6.07, 6.45) is 1.36. The number of anilines is 2. The van der Waals surface area contributed by atoms with Crippen molar-refractivity contribution in [1.82, 2.24) is 19.8 Å². The molecule has 8 heteroatoms. The highest BCUT2D eigenvalue weighted by atomic mass is 35.5. The first kappa shape index (κ1) is 19.1. The van der Waals surface area contributed by atoms with Crippen molar-refractivity contribution in [2.45, 2.75) is 20.8 Å². The summed E-state index contributed by atoms with van der Waals surface area (Å²) in [6, 6.07) is 5.52. The molecule has 1 aromatic carbocycles. The Kier molecular flexibility index (Phi) is 5.60. The third-order valence-electron chi connectivity index (χ3n) is 4.58. The number of halogens is 1. The Morgan fingerprint density at radius 1 is 1.04 bits per heavy atom. The van der Waals surface area contributed by atoms with Gasteiger partial charge in [0, 0.05) is 39.2 Å². The molecule has 7 nitrogen and oxygen atoms in total. The second-order valence-electron chi connectivity index (χ2n) is 6.65. The third kappa shape index (κ3) is 4.36. The van der Waals surface area contributed by atoms with Gasteiger partial charge in [0.2, 0.25) is 5.91 Å². The Morgan fingerprint density at radius 2 is 1.70 bits per heavy atom. The molecule has 27 heavy (non-hydrogen) atoms. The van der Waals surface area contributed by atoms with Crippen molar-refractivity contribution in [2.75, 3.05) is 31.5 Å². The molecule has 0 unspecified atom stereocenters. The van der Waals surface area contributed by atoms with Crippen molar-refractivity contribution in [3.8, 4) is 0 Å². The Labute approximate surface area is 163 Å². The summed E-state index contributed by atoms with van der Waals surface area (Å²) in [5, 5.41) is 3.78. The zero-order valence-corrected chi connectivity index (χ0v) is 16.4. The Balaban J connectivity index is 1.74. The largest absolute Gasteiger partial charge is 0.339 e. The van der Waals surface area contributed by atoms with Gasteiger partial charge < -0.3 is 15.1 Å². The van der Waals surface area contributed by atoms with Gasteiger partial charge in [-0.1, -0.05) is 17.7 Å². The van der Waals surface area contributed by atoms with Crippen molar-refractivity contribution in [3.63, 3.8) is 0 Å². The van der Waals surface area contributed by atoms with E-state index in [-0.39, 0.29) is 11.8 Å². The van der Waals surface area contributed by atoms with Crippen molar-refractivity contribution in [2.24, 2.45) is 0 Å². The number of hydrogen-bond donors (Lipinski definition) is 1. The smallest absolute Gasteiger partial charge is 0.272 e. The van der Waals surface area contributed by atoms with Crippen LogP contribution in [0.1, 0.15) is 28.5 Å². The molecular weight excluding hydrogens is 366 g/mol. The van der Waals surface area contributed by atoms with Gasteiger partial charge in [-0.2, -0.15) is 0 Å². The van der Waals surface area contributed by atoms with E-state index >= 15 is 0 Å². The van der Waals surface area contributed by atoms with Gasteiger partial charge >= 0.3 is 0 Å². The van der Waals surface area contributed by atoms with Crippen molar-refractivity contribution in [3.05, 3.63) is 46.4 Å². The normalized spacial score (nSPS) is 14.2. The van der Waals surface area contributed by atoms with Crippen molar-refractivity contribution < 1.29 is 9.59 Å². The number of rotatable bonds is 3. The van der Waals surface area contributed by atoms with Crippen LogP contribution in [0.5, 0.6) is 0 Å². The number of benzene rings is 1. The van der Waals surface area contributed by atoms with Gasteiger partial charge in [0.15, 0.2) is 0 Å². The predicted octanol–water partition coefficient (Wildman–Crippen LogP) is 2.79. The molecule has 0 aliphatic carbocycles. The van der Waals surface area contributed by atoms with Crippen LogP contribution < -0.4 is 5.32 Å². The number of amides is 2. The van der Waals surface area contributed by atoms with Crippen LogP contribution in [0.3, 0.4) is 0 Å². The fraction of sp³-hybridized carbons (Fsp3) is 0.368. The van der Waals surface area contributed by atoms with E-state index in [1.807, 2.05) is 26.0 Å². The van der Waals surface area contributed by atoms with Gasteiger partial charge in [0.1, 0.15) is 17.8 Å². The molecule has 1 N–H and O–H groups in total. The van der Waals surface area contributed by atoms with Gasteiger partial charge in [-0.25, -0.2) is 9.97 Å². The molecule has 1 fully saturated rings. The van der Waals surface area contributed by atoms with Gasteiger partial charge in [-0.15, -0.1) is 0 Å². The number of carbonyl (C=O) groups excluding carboxylic acids is 2. The summed E-state index contributed by atoms with van der Waals surface area (Å²) in [4.78, 5) is 35.9. The summed E-state index contributed by atoms with van der Waals surface area (Å²) in [7, 11) is 0. The lowest BCUT2D eigenvalue weighted by molar-refractivity contribution is -0.130. The highest BCUT2D eigenvalue weighted by Crippen LogP contribution is 2.29. The predicted molar refractivity (Wildman–Crippen MR) is 104 cm³/mol. The molecule has 0 atom stereocenters. The van der Waals surface area contributed by atoms with Crippen LogP contribution in [0.25, 0.3) is 0 Å². The zero-order valence-electron chi connectivity index (χ0n) is 15.6. The Hall–Kier alpha value is -2.67. The molecule has 3 rings (SSSR count). The van der Waals surface area contributed by atoms with E-state index in [0.29, 0.717) is 42.7 Å². The van der Waals surface area contributed by atoms with Crippen LogP contribution >= 0.6 is 11.6 Å². The SMILES string of the molecule is CC(=O)N1CCN(C(=O)c2cc(Nc3c(C)cc(C)cc3Cl)ncn2)CC1. The summed E-state index contributed by atoms with van der Waals surface area (Å²) in [6.45, 7) is 7.55. The topological polar surface area (TPSA) is 78.4 Å². The van der Waals surface area contributed by atoms with Gasteiger partial charge in [0.05, 0.1) is 10.7 Å². The van der Waals surface area contributed by atoms with Crippen molar-refractivity contribution >= 4 is 34.9 Å². The minimum Gasteiger partial charge on any atom is -0.339 e. The van der Waals surface area contributed by atoms with Crippen molar-refractivity contribution in [1.29, 1.82) is 0 Å². The zero-order chi connectivity index (χ0) is 19.6. The summed E-state index contributed by atoms with van der Waals surface area (Å²) in [5.41, 5.74) is 3.14. The number of nitrogens with zero attached hydrogens (tertiary/aromatic N) is 4. The van der Waals surface area contributed by atoms with E-state index in [0.717, 1.165) is 16.8 Å². The number of nitrogens with one attached hydrogen (secondary N) is 1. The maximum atomic E-state index is 12.7. The molecule has 1 aromatic heterocycles. The highest BCUT2D eigenvalue weighted by molar-refractivity contribution is 6.33. The number of aromatic nitrogens is 2.